The van der Waals surface area contributed by atoms with Crippen LogP contribution in [0.1, 0.15) is 34.1 Å². The molecule has 0 aliphatic rings. The van der Waals surface area contributed by atoms with E-state index >= 15 is 0 Å². The minimum absolute atomic E-state index is 0.000917. The van der Waals surface area contributed by atoms with Gasteiger partial charge in [-0.05, 0) is 11.8 Å². The van der Waals surface area contributed by atoms with Gasteiger partial charge in [0.2, 0.25) is 5.91 Å². The van der Waals surface area contributed by atoms with Crippen LogP contribution in [0.25, 0.3) is 0 Å². The molecular weight excluding hydrogens is 294 g/mol. The second-order valence-electron chi connectivity index (χ2n) is 5.27. The highest BCUT2D eigenvalue weighted by atomic mass is 32.2. The lowest BCUT2D eigenvalue weighted by Crippen LogP contribution is -2.46. The fourth-order valence-electron chi connectivity index (χ4n) is 1.73. The second kappa shape index (κ2) is 9.65. The third kappa shape index (κ3) is 6.84. The maximum Gasteiger partial charge on any atom is 0.328 e. The van der Waals surface area contributed by atoms with Crippen LogP contribution >= 0.6 is 11.8 Å². The highest BCUT2D eigenvalue weighted by Gasteiger charge is 2.28. The Morgan fingerprint density at radius 3 is 2.19 bits per heavy atom. The lowest BCUT2D eigenvalue weighted by atomic mass is 9.99. The molecule has 21 heavy (non-hydrogen) atoms. The number of carboxylic acid groups (broad SMARTS) is 1. The number of aliphatic carboxylic acids is 1. The number of ether oxygens (including phenoxy) is 1. The highest BCUT2D eigenvalue weighted by molar-refractivity contribution is 8.01. The summed E-state index contributed by atoms with van der Waals surface area (Å²) in [5.41, 5.74) is 0. The van der Waals surface area contributed by atoms with Crippen LogP contribution in [-0.4, -0.2) is 47.1 Å². The second-order valence-corrected chi connectivity index (χ2v) is 6.40. The molecule has 0 saturated carbocycles. The Labute approximate surface area is 130 Å². The molecule has 0 fully saturated rings. The summed E-state index contributed by atoms with van der Waals surface area (Å²) in [6.45, 7) is 7.35. The van der Waals surface area contributed by atoms with Crippen molar-refractivity contribution in [1.29, 1.82) is 0 Å². The lowest BCUT2D eigenvalue weighted by molar-refractivity contribution is -0.146. The van der Waals surface area contributed by atoms with Crippen LogP contribution in [0.15, 0.2) is 0 Å². The van der Waals surface area contributed by atoms with Crippen LogP contribution in [0, 0.1) is 11.8 Å². The number of amides is 1. The first-order chi connectivity index (χ1) is 9.74. The first-order valence-corrected chi connectivity index (χ1v) is 8.01. The summed E-state index contributed by atoms with van der Waals surface area (Å²) in [5, 5.41) is 11.0. The van der Waals surface area contributed by atoms with Crippen molar-refractivity contribution in [2.45, 2.75) is 45.4 Å². The third-order valence-corrected chi connectivity index (χ3v) is 4.76. The highest BCUT2D eigenvalue weighted by Crippen LogP contribution is 2.19. The summed E-state index contributed by atoms with van der Waals surface area (Å²) in [4.78, 5) is 34.6. The van der Waals surface area contributed by atoms with Crippen molar-refractivity contribution in [2.75, 3.05) is 12.9 Å². The molecule has 0 saturated heterocycles. The topological polar surface area (TPSA) is 92.7 Å². The fourth-order valence-corrected chi connectivity index (χ4v) is 2.67. The van der Waals surface area contributed by atoms with Crippen molar-refractivity contribution in [2.24, 2.45) is 11.8 Å². The fraction of sp³-hybridized carbons (Fsp3) is 0.786. The van der Waals surface area contributed by atoms with Crippen molar-refractivity contribution < 1.29 is 24.2 Å². The molecule has 6 nitrogen and oxygen atoms in total. The molecule has 0 aromatic carbocycles. The van der Waals surface area contributed by atoms with E-state index in [0.29, 0.717) is 0 Å². The van der Waals surface area contributed by atoms with Crippen molar-refractivity contribution >= 4 is 29.6 Å². The zero-order valence-electron chi connectivity index (χ0n) is 13.2. The smallest absolute Gasteiger partial charge is 0.328 e. The quantitative estimate of drug-likeness (QED) is 0.626. The van der Waals surface area contributed by atoms with E-state index in [9.17, 15) is 14.4 Å². The number of thioether (sulfide) groups is 1. The zero-order valence-corrected chi connectivity index (χ0v) is 14.0. The van der Waals surface area contributed by atoms with Crippen LogP contribution in [0.3, 0.4) is 0 Å². The molecule has 1 amide bonds. The van der Waals surface area contributed by atoms with Gasteiger partial charge in [-0.15, -0.1) is 11.8 Å². The van der Waals surface area contributed by atoms with E-state index in [1.807, 2.05) is 13.8 Å². The molecule has 0 heterocycles. The summed E-state index contributed by atoms with van der Waals surface area (Å²) >= 11 is 1.06. The van der Waals surface area contributed by atoms with Gasteiger partial charge in [-0.3, -0.25) is 9.59 Å². The summed E-state index contributed by atoms with van der Waals surface area (Å²) in [6, 6.07) is -0.699. The zero-order chi connectivity index (χ0) is 16.6. The van der Waals surface area contributed by atoms with Crippen LogP contribution in [-0.2, 0) is 19.1 Å². The number of carboxylic acids is 1. The predicted octanol–water partition coefficient (Wildman–Crippen LogP) is 1.53. The van der Waals surface area contributed by atoms with E-state index < -0.39 is 23.2 Å². The van der Waals surface area contributed by atoms with Gasteiger partial charge in [0.1, 0.15) is 11.3 Å². The maximum absolute atomic E-state index is 11.9. The Hall–Kier alpha value is -1.24. The number of esters is 1. The summed E-state index contributed by atoms with van der Waals surface area (Å²) in [6.07, 6.45) is 0.719. The van der Waals surface area contributed by atoms with Gasteiger partial charge in [-0.2, -0.15) is 0 Å². The van der Waals surface area contributed by atoms with Gasteiger partial charge in [0.15, 0.2) is 0 Å². The van der Waals surface area contributed by atoms with Crippen LogP contribution in [0.2, 0.25) is 0 Å². The average Bonchev–Trinajstić information content (AvgIpc) is 2.42. The minimum Gasteiger partial charge on any atom is -0.480 e. The standard InChI is InChI=1S/C14H25NO5S/c1-6-9(4)11(14(19)20-5)15-10(16)7-21-12(8(2)3)13(17)18/h8-9,11-12H,6-7H2,1-5H3,(H,15,16)(H,17,18). The van der Waals surface area contributed by atoms with E-state index in [4.69, 9.17) is 5.11 Å². The summed E-state index contributed by atoms with van der Waals surface area (Å²) in [7, 11) is 1.28. The van der Waals surface area contributed by atoms with Gasteiger partial charge < -0.3 is 15.2 Å². The Morgan fingerprint density at radius 1 is 1.24 bits per heavy atom. The number of hydrogen-bond acceptors (Lipinski definition) is 5. The number of carbonyl (C=O) groups excluding carboxylic acids is 2. The Balaban J connectivity index is 4.57. The monoisotopic (exact) mass is 319 g/mol. The van der Waals surface area contributed by atoms with E-state index in [1.54, 1.807) is 13.8 Å². The van der Waals surface area contributed by atoms with Crippen molar-refractivity contribution in [3.05, 3.63) is 0 Å². The first kappa shape index (κ1) is 19.8. The average molecular weight is 319 g/mol. The molecule has 3 atom stereocenters. The molecule has 0 aliphatic heterocycles. The molecule has 0 bridgehead atoms. The van der Waals surface area contributed by atoms with Crippen molar-refractivity contribution in [1.82, 2.24) is 5.32 Å². The van der Waals surface area contributed by atoms with Crippen LogP contribution < -0.4 is 5.32 Å². The maximum atomic E-state index is 11.9. The van der Waals surface area contributed by atoms with Crippen molar-refractivity contribution in [3.63, 3.8) is 0 Å². The third-order valence-electron chi connectivity index (χ3n) is 3.23. The molecule has 2 N–H and O–H groups in total. The number of nitrogens with one attached hydrogen (secondary N) is 1. The molecule has 122 valence electrons. The summed E-state index contributed by atoms with van der Waals surface area (Å²) in [5.74, 6) is -1.91. The molecule has 0 aliphatic carbocycles. The first-order valence-electron chi connectivity index (χ1n) is 6.96. The molecule has 7 heteroatoms. The number of hydrogen-bond donors (Lipinski definition) is 2. The van der Waals surface area contributed by atoms with Gasteiger partial charge >= 0.3 is 11.9 Å². The van der Waals surface area contributed by atoms with Gasteiger partial charge in [-0.25, -0.2) is 4.79 Å². The van der Waals surface area contributed by atoms with E-state index in [1.165, 1.54) is 7.11 Å². The van der Waals surface area contributed by atoms with Crippen molar-refractivity contribution in [3.8, 4) is 0 Å². The number of rotatable bonds is 9. The Kier molecular flexibility index (Phi) is 9.08. The molecule has 0 radical (unpaired) electrons. The lowest BCUT2D eigenvalue weighted by Gasteiger charge is -2.22. The van der Waals surface area contributed by atoms with E-state index in [2.05, 4.69) is 10.1 Å². The largest absolute Gasteiger partial charge is 0.480 e. The van der Waals surface area contributed by atoms with E-state index in [-0.39, 0.29) is 23.5 Å². The molecular formula is C14H25NO5S. The minimum atomic E-state index is -0.936. The van der Waals surface area contributed by atoms with Gasteiger partial charge in [-0.1, -0.05) is 34.1 Å². The summed E-state index contributed by atoms with van der Waals surface area (Å²) < 4.78 is 4.68. The van der Waals surface area contributed by atoms with Gasteiger partial charge in [0.25, 0.3) is 0 Å². The van der Waals surface area contributed by atoms with Crippen LogP contribution in [0.5, 0.6) is 0 Å². The van der Waals surface area contributed by atoms with Gasteiger partial charge in [0.05, 0.1) is 12.9 Å². The number of carbonyl (C=O) groups is 3. The van der Waals surface area contributed by atoms with E-state index in [0.717, 1.165) is 18.2 Å². The Bertz CT molecular complexity index is 372. The molecule has 0 aromatic heterocycles. The predicted molar refractivity (Wildman–Crippen MR) is 82.1 cm³/mol. The molecule has 0 aromatic rings. The Morgan fingerprint density at radius 2 is 1.81 bits per heavy atom. The number of methoxy groups -OCH3 is 1. The SMILES string of the molecule is CCC(C)C(NC(=O)CSC(C(=O)O)C(C)C)C(=O)OC. The molecule has 3 unspecified atom stereocenters. The van der Waals surface area contributed by atoms with Gasteiger partial charge in [0, 0.05) is 0 Å². The molecule has 0 rings (SSSR count). The molecule has 0 spiro atoms. The normalized spacial score (nSPS) is 15.1. The van der Waals surface area contributed by atoms with Crippen LogP contribution in [0.4, 0.5) is 0 Å².